The molecule has 0 spiro atoms. The minimum absolute atomic E-state index is 0.134. The number of thiophene rings is 1. The Kier molecular flexibility index (Phi) is 4.19. The Morgan fingerprint density at radius 2 is 2.05 bits per heavy atom. The molecule has 0 aliphatic heterocycles. The van der Waals surface area contributed by atoms with Crippen LogP contribution in [0, 0.1) is 6.92 Å². The van der Waals surface area contributed by atoms with Crippen LogP contribution in [0.2, 0.25) is 0 Å². The van der Waals surface area contributed by atoms with Crippen molar-refractivity contribution in [1.29, 1.82) is 0 Å². The first-order chi connectivity index (χ1) is 10.1. The molecule has 2 aromatic heterocycles. The molecule has 0 unspecified atom stereocenters. The lowest BCUT2D eigenvalue weighted by atomic mass is 10.2. The van der Waals surface area contributed by atoms with Crippen LogP contribution in [0.15, 0.2) is 45.6 Å². The number of carbonyl (C=O) groups excluding carboxylic acids is 1. The van der Waals surface area contributed by atoms with Crippen LogP contribution in [0.1, 0.15) is 16.1 Å². The zero-order valence-electron chi connectivity index (χ0n) is 11.1. The Morgan fingerprint density at radius 1 is 1.29 bits per heavy atom. The fourth-order valence-corrected chi connectivity index (χ4v) is 4.01. The number of amides is 1. The summed E-state index contributed by atoms with van der Waals surface area (Å²) in [6.07, 6.45) is 0. The van der Waals surface area contributed by atoms with Gasteiger partial charge in [0.2, 0.25) is 0 Å². The molecular weight excluding hydrogens is 368 g/mol. The minimum Gasteiger partial charge on any atom is -0.298 e. The Bertz CT molecular complexity index is 780. The molecule has 0 saturated carbocycles. The van der Waals surface area contributed by atoms with Crippen molar-refractivity contribution in [2.24, 2.45) is 0 Å². The number of carbonyl (C=O) groups is 1. The van der Waals surface area contributed by atoms with Gasteiger partial charge in [-0.25, -0.2) is 4.98 Å². The lowest BCUT2D eigenvalue weighted by Crippen LogP contribution is -2.10. The molecule has 106 valence electrons. The number of benzene rings is 1. The van der Waals surface area contributed by atoms with Crippen LogP contribution in [0.4, 0.5) is 5.13 Å². The van der Waals surface area contributed by atoms with E-state index in [1.807, 2.05) is 42.6 Å². The predicted octanol–water partition coefficient (Wildman–Crippen LogP) is 5.19. The Morgan fingerprint density at radius 3 is 2.71 bits per heavy atom. The molecule has 6 heteroatoms. The number of hydrogen-bond acceptors (Lipinski definition) is 4. The molecule has 0 aliphatic rings. The van der Waals surface area contributed by atoms with Crippen molar-refractivity contribution in [1.82, 2.24) is 4.98 Å². The van der Waals surface area contributed by atoms with Crippen molar-refractivity contribution in [3.63, 3.8) is 0 Å². The summed E-state index contributed by atoms with van der Waals surface area (Å²) < 4.78 is 0.938. The summed E-state index contributed by atoms with van der Waals surface area (Å²) >= 11 is 6.34. The number of nitrogens with one attached hydrogen (secondary N) is 1. The van der Waals surface area contributed by atoms with Crippen molar-refractivity contribution in [2.75, 3.05) is 5.32 Å². The maximum Gasteiger partial charge on any atom is 0.258 e. The average molecular weight is 379 g/mol. The van der Waals surface area contributed by atoms with Crippen LogP contribution in [-0.4, -0.2) is 10.9 Å². The summed E-state index contributed by atoms with van der Waals surface area (Å²) in [7, 11) is 0. The second-order valence-electron chi connectivity index (χ2n) is 4.39. The number of aromatic nitrogens is 1. The van der Waals surface area contributed by atoms with Crippen molar-refractivity contribution >= 4 is 49.6 Å². The molecule has 0 aliphatic carbocycles. The largest absolute Gasteiger partial charge is 0.298 e. The average Bonchev–Trinajstić information content (AvgIpc) is 3.06. The molecule has 1 amide bonds. The highest BCUT2D eigenvalue weighted by atomic mass is 79.9. The first-order valence-electron chi connectivity index (χ1n) is 6.22. The third-order valence-electron chi connectivity index (χ3n) is 2.88. The van der Waals surface area contributed by atoms with Crippen molar-refractivity contribution in [3.05, 3.63) is 56.8 Å². The molecule has 0 saturated heterocycles. The van der Waals surface area contributed by atoms with E-state index in [4.69, 9.17) is 0 Å². The number of anilines is 1. The molecule has 3 nitrogen and oxygen atoms in total. The zero-order valence-corrected chi connectivity index (χ0v) is 14.3. The van der Waals surface area contributed by atoms with E-state index in [2.05, 4.69) is 26.2 Å². The fourth-order valence-electron chi connectivity index (χ4n) is 1.91. The number of thiazole rings is 1. The van der Waals surface area contributed by atoms with Crippen LogP contribution in [-0.2, 0) is 0 Å². The number of rotatable bonds is 3. The number of halogens is 1. The van der Waals surface area contributed by atoms with Gasteiger partial charge in [-0.2, -0.15) is 0 Å². The summed E-state index contributed by atoms with van der Waals surface area (Å²) in [4.78, 5) is 17.6. The fraction of sp³-hybridized carbons (Fsp3) is 0.0667. The highest BCUT2D eigenvalue weighted by Gasteiger charge is 2.13. The van der Waals surface area contributed by atoms with E-state index in [1.54, 1.807) is 6.07 Å². The molecule has 21 heavy (non-hydrogen) atoms. The second kappa shape index (κ2) is 6.09. The van der Waals surface area contributed by atoms with Gasteiger partial charge < -0.3 is 0 Å². The summed E-state index contributed by atoms with van der Waals surface area (Å²) in [5, 5.41) is 5.30. The molecule has 0 radical (unpaired) electrons. The normalized spacial score (nSPS) is 10.6. The van der Waals surface area contributed by atoms with Crippen LogP contribution in [0.3, 0.4) is 0 Å². The molecule has 1 aromatic carbocycles. The van der Waals surface area contributed by atoms with Crippen LogP contribution >= 0.6 is 38.6 Å². The van der Waals surface area contributed by atoms with E-state index in [0.29, 0.717) is 10.7 Å². The first-order valence-corrected chi connectivity index (χ1v) is 8.70. The van der Waals surface area contributed by atoms with E-state index in [-0.39, 0.29) is 5.91 Å². The van der Waals surface area contributed by atoms with E-state index >= 15 is 0 Å². The zero-order chi connectivity index (χ0) is 14.8. The van der Waals surface area contributed by atoms with E-state index in [9.17, 15) is 4.79 Å². The monoisotopic (exact) mass is 378 g/mol. The molecule has 3 aromatic rings. The van der Waals surface area contributed by atoms with Gasteiger partial charge in [0.25, 0.3) is 5.91 Å². The van der Waals surface area contributed by atoms with Gasteiger partial charge in [-0.15, -0.1) is 11.3 Å². The highest BCUT2D eigenvalue weighted by Crippen LogP contribution is 2.32. The number of nitrogens with zero attached hydrogens (tertiary/aromatic N) is 1. The lowest BCUT2D eigenvalue weighted by molar-refractivity contribution is 0.102. The van der Waals surface area contributed by atoms with Crippen molar-refractivity contribution in [3.8, 4) is 10.4 Å². The quantitative estimate of drug-likeness (QED) is 0.680. The smallest absolute Gasteiger partial charge is 0.258 e. The number of aryl methyl sites for hydroxylation is 1. The lowest BCUT2D eigenvalue weighted by Gasteiger charge is -1.98. The van der Waals surface area contributed by atoms with Gasteiger partial charge in [0, 0.05) is 5.38 Å². The number of hydrogen-bond donors (Lipinski definition) is 1. The van der Waals surface area contributed by atoms with E-state index in [0.717, 1.165) is 19.9 Å². The molecular formula is C15H11BrN2OS2. The third-order valence-corrected chi connectivity index (χ3v) is 5.51. The van der Waals surface area contributed by atoms with Crippen LogP contribution in [0.25, 0.3) is 10.4 Å². The van der Waals surface area contributed by atoms with Gasteiger partial charge in [0.1, 0.15) is 0 Å². The SMILES string of the molecule is Cc1nc(NC(=O)c2csc(Br)c2)sc1-c1ccccc1. The third kappa shape index (κ3) is 3.23. The molecule has 0 fully saturated rings. The summed E-state index contributed by atoms with van der Waals surface area (Å²) in [6, 6.07) is 11.9. The van der Waals surface area contributed by atoms with Crippen LogP contribution < -0.4 is 5.32 Å². The topological polar surface area (TPSA) is 42.0 Å². The maximum atomic E-state index is 12.1. The molecule has 1 N–H and O–H groups in total. The van der Waals surface area contributed by atoms with Gasteiger partial charge in [0.15, 0.2) is 5.13 Å². The van der Waals surface area contributed by atoms with Gasteiger partial charge in [-0.3, -0.25) is 10.1 Å². The molecule has 0 bridgehead atoms. The van der Waals surface area contributed by atoms with Crippen LogP contribution in [0.5, 0.6) is 0 Å². The Balaban J connectivity index is 1.83. The van der Waals surface area contributed by atoms with Gasteiger partial charge in [-0.05, 0) is 34.5 Å². The van der Waals surface area contributed by atoms with E-state index < -0.39 is 0 Å². The maximum absolute atomic E-state index is 12.1. The Labute approximate surface area is 138 Å². The minimum atomic E-state index is -0.134. The summed E-state index contributed by atoms with van der Waals surface area (Å²) in [5.74, 6) is -0.134. The molecule has 2 heterocycles. The molecule has 3 rings (SSSR count). The second-order valence-corrected chi connectivity index (χ2v) is 7.68. The standard InChI is InChI=1S/C15H11BrN2OS2/c1-9-13(10-5-3-2-4-6-10)21-15(17-9)18-14(19)11-7-12(16)20-8-11/h2-8H,1H3,(H,17,18,19). The van der Waals surface area contributed by atoms with Gasteiger partial charge in [-0.1, -0.05) is 41.7 Å². The summed E-state index contributed by atoms with van der Waals surface area (Å²) in [5.41, 5.74) is 2.68. The van der Waals surface area contributed by atoms with Gasteiger partial charge in [0.05, 0.1) is 19.9 Å². The summed E-state index contributed by atoms with van der Waals surface area (Å²) in [6.45, 7) is 1.95. The van der Waals surface area contributed by atoms with Gasteiger partial charge >= 0.3 is 0 Å². The molecule has 0 atom stereocenters. The van der Waals surface area contributed by atoms with Crippen molar-refractivity contribution in [2.45, 2.75) is 6.92 Å². The first kappa shape index (κ1) is 14.4. The van der Waals surface area contributed by atoms with E-state index in [1.165, 1.54) is 22.7 Å². The predicted molar refractivity (Wildman–Crippen MR) is 92.3 cm³/mol. The van der Waals surface area contributed by atoms with Crippen molar-refractivity contribution < 1.29 is 4.79 Å². The highest BCUT2D eigenvalue weighted by molar-refractivity contribution is 9.11. The Hall–Kier alpha value is -1.50.